The zero-order valence-electron chi connectivity index (χ0n) is 12.8. The number of hydrogen-bond donors (Lipinski definition) is 1. The van der Waals surface area contributed by atoms with Crippen LogP contribution in [0.1, 0.15) is 12.8 Å². The van der Waals surface area contributed by atoms with Gasteiger partial charge in [-0.2, -0.15) is 0 Å². The quantitative estimate of drug-likeness (QED) is 0.748. The lowest BCUT2D eigenvalue weighted by molar-refractivity contribution is -0.137. The Morgan fingerprint density at radius 3 is 2.32 bits per heavy atom. The second-order valence-corrected chi connectivity index (χ2v) is 7.83. The Morgan fingerprint density at radius 1 is 1.12 bits per heavy atom. The molecule has 0 unspecified atom stereocenters. The highest BCUT2D eigenvalue weighted by Gasteiger charge is 2.26. The first-order chi connectivity index (χ1) is 11.7. The fraction of sp³-hybridized carbons (Fsp3) is 0.188. The summed E-state index contributed by atoms with van der Waals surface area (Å²) in [6.45, 7) is -0.104. The highest BCUT2D eigenvalue weighted by molar-refractivity contribution is 7.92. The zero-order chi connectivity index (χ0) is 18.6. The van der Waals surface area contributed by atoms with Gasteiger partial charge in [0.05, 0.1) is 15.6 Å². The molecule has 0 amide bonds. The fourth-order valence-corrected chi connectivity index (χ4v) is 4.24. The molecule has 2 aromatic rings. The lowest BCUT2D eigenvalue weighted by Gasteiger charge is -2.25. The molecule has 0 saturated carbocycles. The van der Waals surface area contributed by atoms with Gasteiger partial charge >= 0.3 is 5.97 Å². The van der Waals surface area contributed by atoms with Crippen molar-refractivity contribution in [2.45, 2.75) is 17.7 Å². The predicted molar refractivity (Wildman–Crippen MR) is 94.3 cm³/mol. The molecule has 25 heavy (non-hydrogen) atoms. The average molecular weight is 406 g/mol. The van der Waals surface area contributed by atoms with Crippen LogP contribution < -0.4 is 4.31 Å². The summed E-state index contributed by atoms with van der Waals surface area (Å²) in [5, 5.41) is 9.22. The van der Waals surface area contributed by atoms with E-state index >= 15 is 0 Å². The number of benzene rings is 2. The summed E-state index contributed by atoms with van der Waals surface area (Å²) in [4.78, 5) is 10.6. The first kappa shape index (κ1) is 19.5. The van der Waals surface area contributed by atoms with Gasteiger partial charge in [-0.05, 0) is 48.9 Å². The molecular formula is C16H14Cl2FNO4S. The van der Waals surface area contributed by atoms with Gasteiger partial charge in [-0.15, -0.1) is 0 Å². The molecule has 134 valence electrons. The maximum atomic E-state index is 13.1. The van der Waals surface area contributed by atoms with E-state index in [-0.39, 0.29) is 35.0 Å². The van der Waals surface area contributed by atoms with Crippen molar-refractivity contribution in [3.63, 3.8) is 0 Å². The van der Waals surface area contributed by atoms with Crippen molar-refractivity contribution in [3.8, 4) is 0 Å². The smallest absolute Gasteiger partial charge is 0.303 e. The summed E-state index contributed by atoms with van der Waals surface area (Å²) >= 11 is 12.0. The first-order valence-electron chi connectivity index (χ1n) is 7.17. The number of carboxylic acid groups (broad SMARTS) is 1. The topological polar surface area (TPSA) is 74.7 Å². The number of halogens is 3. The van der Waals surface area contributed by atoms with E-state index in [0.717, 1.165) is 28.6 Å². The van der Waals surface area contributed by atoms with Crippen LogP contribution in [-0.2, 0) is 14.8 Å². The van der Waals surface area contributed by atoms with Crippen LogP contribution >= 0.6 is 23.2 Å². The summed E-state index contributed by atoms with van der Waals surface area (Å²) in [5.74, 6) is -1.61. The Hall–Kier alpha value is -1.83. The number of hydrogen-bond acceptors (Lipinski definition) is 3. The van der Waals surface area contributed by atoms with Gasteiger partial charge in [0.2, 0.25) is 0 Å². The molecule has 0 heterocycles. The highest BCUT2D eigenvalue weighted by Crippen LogP contribution is 2.33. The third kappa shape index (κ3) is 4.84. The van der Waals surface area contributed by atoms with E-state index in [0.29, 0.717) is 5.02 Å². The Labute approximate surface area is 154 Å². The van der Waals surface area contributed by atoms with E-state index in [4.69, 9.17) is 28.3 Å². The molecule has 0 aliphatic heterocycles. The molecule has 0 aliphatic carbocycles. The molecule has 2 rings (SSSR count). The van der Waals surface area contributed by atoms with Crippen LogP contribution in [-0.4, -0.2) is 26.0 Å². The number of aliphatic carboxylic acids is 1. The minimum absolute atomic E-state index is 0.0781. The molecule has 0 aromatic heterocycles. The van der Waals surface area contributed by atoms with Gasteiger partial charge < -0.3 is 5.11 Å². The van der Waals surface area contributed by atoms with Gasteiger partial charge in [0.25, 0.3) is 10.0 Å². The van der Waals surface area contributed by atoms with Gasteiger partial charge in [-0.3, -0.25) is 9.10 Å². The lowest BCUT2D eigenvalue weighted by atomic mass is 10.3. The van der Waals surface area contributed by atoms with Crippen LogP contribution in [0.25, 0.3) is 0 Å². The van der Waals surface area contributed by atoms with Gasteiger partial charge in [0.1, 0.15) is 5.82 Å². The number of rotatable bonds is 7. The molecule has 1 N–H and O–H groups in total. The van der Waals surface area contributed by atoms with Gasteiger partial charge in [-0.1, -0.05) is 23.2 Å². The van der Waals surface area contributed by atoms with Gasteiger partial charge in [0.15, 0.2) is 0 Å². The molecule has 5 nitrogen and oxygen atoms in total. The third-order valence-electron chi connectivity index (χ3n) is 3.33. The molecule has 0 atom stereocenters. The Bertz CT molecular complexity index is 872. The standard InChI is InChI=1S/C16H14Cl2FNO4S/c17-11-3-8-15(14(18)10-11)20(9-1-2-16(21)22)25(23,24)13-6-4-12(19)5-7-13/h3-8,10H,1-2,9H2,(H,21,22). The summed E-state index contributed by atoms with van der Waals surface area (Å²) in [6, 6.07) is 8.65. The van der Waals surface area contributed by atoms with Crippen LogP contribution in [0.5, 0.6) is 0 Å². The van der Waals surface area contributed by atoms with E-state index in [2.05, 4.69) is 0 Å². The van der Waals surface area contributed by atoms with E-state index in [9.17, 15) is 17.6 Å². The predicted octanol–water partition coefficient (Wildman–Crippen LogP) is 4.19. The summed E-state index contributed by atoms with van der Waals surface area (Å²) in [7, 11) is -4.06. The minimum Gasteiger partial charge on any atom is -0.481 e. The van der Waals surface area contributed by atoms with Crippen molar-refractivity contribution in [1.82, 2.24) is 0 Å². The normalized spacial score (nSPS) is 11.3. The molecule has 2 aromatic carbocycles. The molecule has 0 bridgehead atoms. The Kier molecular flexibility index (Phi) is 6.26. The van der Waals surface area contributed by atoms with Crippen molar-refractivity contribution in [1.29, 1.82) is 0 Å². The summed E-state index contributed by atoms with van der Waals surface area (Å²) in [5.41, 5.74) is 0.167. The number of anilines is 1. The largest absolute Gasteiger partial charge is 0.481 e. The molecular weight excluding hydrogens is 392 g/mol. The number of nitrogens with zero attached hydrogens (tertiary/aromatic N) is 1. The number of carbonyl (C=O) groups is 1. The van der Waals surface area contributed by atoms with Crippen LogP contribution in [0.15, 0.2) is 47.4 Å². The van der Waals surface area contributed by atoms with Crippen LogP contribution in [0.4, 0.5) is 10.1 Å². The SMILES string of the molecule is O=C(O)CCCN(c1ccc(Cl)cc1Cl)S(=O)(=O)c1ccc(F)cc1. The van der Waals surface area contributed by atoms with Crippen LogP contribution in [0.2, 0.25) is 10.0 Å². The highest BCUT2D eigenvalue weighted by atomic mass is 35.5. The van der Waals surface area contributed by atoms with Crippen molar-refractivity contribution >= 4 is 44.9 Å². The van der Waals surface area contributed by atoms with Crippen LogP contribution in [0, 0.1) is 5.82 Å². The lowest BCUT2D eigenvalue weighted by Crippen LogP contribution is -2.32. The second-order valence-electron chi connectivity index (χ2n) is 5.12. The fourth-order valence-electron chi connectivity index (χ4n) is 2.16. The van der Waals surface area contributed by atoms with Gasteiger partial charge in [0, 0.05) is 18.0 Å². The molecule has 0 aliphatic rings. The minimum atomic E-state index is -4.06. The zero-order valence-corrected chi connectivity index (χ0v) is 15.2. The Morgan fingerprint density at radius 2 is 1.76 bits per heavy atom. The maximum absolute atomic E-state index is 13.1. The first-order valence-corrected chi connectivity index (χ1v) is 9.36. The summed E-state index contributed by atoms with van der Waals surface area (Å²) < 4.78 is 39.9. The van der Waals surface area contributed by atoms with Crippen molar-refractivity contribution in [3.05, 3.63) is 58.3 Å². The van der Waals surface area contributed by atoms with Crippen molar-refractivity contribution in [2.24, 2.45) is 0 Å². The maximum Gasteiger partial charge on any atom is 0.303 e. The molecule has 9 heteroatoms. The molecule has 0 radical (unpaired) electrons. The van der Waals surface area contributed by atoms with E-state index < -0.39 is 21.8 Å². The van der Waals surface area contributed by atoms with Crippen molar-refractivity contribution < 1.29 is 22.7 Å². The molecule has 0 spiro atoms. The monoisotopic (exact) mass is 405 g/mol. The molecule has 0 fully saturated rings. The average Bonchev–Trinajstić information content (AvgIpc) is 2.52. The van der Waals surface area contributed by atoms with Crippen LogP contribution in [0.3, 0.4) is 0 Å². The summed E-state index contributed by atoms with van der Waals surface area (Å²) in [6.07, 6.45) is -0.130. The van der Waals surface area contributed by atoms with E-state index in [1.165, 1.54) is 18.2 Å². The second kappa shape index (κ2) is 8.03. The van der Waals surface area contributed by atoms with Crippen molar-refractivity contribution in [2.75, 3.05) is 10.8 Å². The Balaban J connectivity index is 2.45. The van der Waals surface area contributed by atoms with E-state index in [1.54, 1.807) is 0 Å². The number of carboxylic acids is 1. The third-order valence-corrected chi connectivity index (χ3v) is 5.70. The van der Waals surface area contributed by atoms with E-state index in [1.807, 2.05) is 0 Å². The molecule has 0 saturated heterocycles. The van der Waals surface area contributed by atoms with Gasteiger partial charge in [-0.25, -0.2) is 12.8 Å². The number of sulfonamides is 1.